The predicted molar refractivity (Wildman–Crippen MR) is 70.2 cm³/mol. The van der Waals surface area contributed by atoms with Gasteiger partial charge >= 0.3 is 18.1 Å². The highest BCUT2D eigenvalue weighted by atomic mass is 32.1. The highest BCUT2D eigenvalue weighted by Crippen LogP contribution is 2.51. The first-order chi connectivity index (χ1) is 9.79. The molecule has 9 heteroatoms. The van der Waals surface area contributed by atoms with Crippen LogP contribution >= 0.6 is 11.3 Å². The van der Waals surface area contributed by atoms with Crippen LogP contribution in [-0.2, 0) is 4.79 Å². The number of anilines is 2. The topological polar surface area (TPSA) is 69.6 Å². The van der Waals surface area contributed by atoms with Crippen molar-refractivity contribution < 1.29 is 27.9 Å². The van der Waals surface area contributed by atoms with Gasteiger partial charge in [0, 0.05) is 18.7 Å². The van der Waals surface area contributed by atoms with Crippen molar-refractivity contribution in [3.8, 4) is 0 Å². The summed E-state index contributed by atoms with van der Waals surface area (Å²) in [6, 6.07) is 0. The molecule has 4 heterocycles. The van der Waals surface area contributed by atoms with Gasteiger partial charge in [-0.2, -0.15) is 13.2 Å². The molecule has 5 nitrogen and oxygen atoms in total. The predicted octanol–water partition coefficient (Wildman–Crippen LogP) is 2.64. The molecule has 21 heavy (non-hydrogen) atoms. The van der Waals surface area contributed by atoms with Crippen LogP contribution in [0.1, 0.15) is 34.7 Å². The molecule has 1 aromatic heterocycles. The Morgan fingerprint density at radius 3 is 2.43 bits per heavy atom. The lowest BCUT2D eigenvalue weighted by Gasteiger charge is -2.40. The summed E-state index contributed by atoms with van der Waals surface area (Å²) in [6.07, 6.45) is -3.47. The summed E-state index contributed by atoms with van der Waals surface area (Å²) in [5, 5.41) is 11.5. The Morgan fingerprint density at radius 2 is 1.90 bits per heavy atom. The number of carbonyl (C=O) groups excluding carboxylic acids is 1. The van der Waals surface area contributed by atoms with E-state index in [4.69, 9.17) is 0 Å². The molecular weight excluding hydrogens is 309 g/mol. The van der Waals surface area contributed by atoms with E-state index in [1.165, 1.54) is 0 Å². The minimum absolute atomic E-state index is 0.0453. The molecule has 0 aliphatic carbocycles. The molecule has 2 N–H and O–H groups in total. The molecule has 0 aromatic carbocycles. The number of halogens is 3. The van der Waals surface area contributed by atoms with Gasteiger partial charge in [0.2, 0.25) is 0 Å². The van der Waals surface area contributed by atoms with E-state index in [1.807, 2.05) is 4.90 Å². The van der Waals surface area contributed by atoms with E-state index in [-0.39, 0.29) is 16.5 Å². The Morgan fingerprint density at radius 1 is 1.29 bits per heavy atom. The number of hydrogen-bond acceptors (Lipinski definition) is 4. The number of hydrogen-bond donors (Lipinski definition) is 2. The Balaban J connectivity index is 2.04. The van der Waals surface area contributed by atoms with E-state index >= 15 is 0 Å². The van der Waals surface area contributed by atoms with Gasteiger partial charge < -0.3 is 15.3 Å². The van der Waals surface area contributed by atoms with Gasteiger partial charge in [-0.05, 0) is 18.8 Å². The Bertz CT molecular complexity index is 618. The lowest BCUT2D eigenvalue weighted by molar-refractivity contribution is -0.167. The molecular formula is C12H11F3N2O3S. The standard InChI is InChI=1S/C12H11F3N2O3S/c13-12(14,15)11(20)16-8-7(10(18)19)6-5-1-3-17(4-2-5)9(6)21-8/h5H,1-4H2,(H,16,20)(H,18,19). The van der Waals surface area contributed by atoms with Crippen molar-refractivity contribution in [1.82, 2.24) is 0 Å². The molecule has 0 unspecified atom stereocenters. The van der Waals surface area contributed by atoms with Gasteiger partial charge in [0.1, 0.15) is 5.00 Å². The second kappa shape index (κ2) is 4.62. The summed E-state index contributed by atoms with van der Waals surface area (Å²) in [5.41, 5.74) is 0.379. The molecule has 0 radical (unpaired) electrons. The maximum absolute atomic E-state index is 12.4. The van der Waals surface area contributed by atoms with Crippen molar-refractivity contribution >= 4 is 33.2 Å². The first-order valence-corrected chi connectivity index (χ1v) is 7.13. The number of nitrogens with zero attached hydrogens (tertiary/aromatic N) is 1. The van der Waals surface area contributed by atoms with E-state index < -0.39 is 18.1 Å². The highest BCUT2D eigenvalue weighted by Gasteiger charge is 2.42. The number of carbonyl (C=O) groups is 2. The Kier molecular flexibility index (Phi) is 3.12. The zero-order valence-electron chi connectivity index (χ0n) is 10.7. The van der Waals surface area contributed by atoms with Gasteiger partial charge in [-0.1, -0.05) is 11.3 Å². The molecule has 1 saturated heterocycles. The summed E-state index contributed by atoms with van der Waals surface area (Å²) in [4.78, 5) is 24.5. The van der Waals surface area contributed by atoms with E-state index in [0.717, 1.165) is 37.3 Å². The van der Waals surface area contributed by atoms with Crippen molar-refractivity contribution in [2.75, 3.05) is 23.3 Å². The number of amides is 1. The number of fused-ring (bicyclic) bond motifs is 2. The van der Waals surface area contributed by atoms with Gasteiger partial charge in [-0.15, -0.1) is 0 Å². The first-order valence-electron chi connectivity index (χ1n) is 6.32. The van der Waals surface area contributed by atoms with Crippen molar-refractivity contribution in [1.29, 1.82) is 0 Å². The van der Waals surface area contributed by atoms with Crippen LogP contribution < -0.4 is 10.2 Å². The number of nitrogens with one attached hydrogen (secondary N) is 1. The van der Waals surface area contributed by atoms with Gasteiger partial charge in [0.25, 0.3) is 0 Å². The molecule has 114 valence electrons. The fourth-order valence-electron chi connectivity index (χ4n) is 2.89. The lowest BCUT2D eigenvalue weighted by atomic mass is 9.84. The maximum Gasteiger partial charge on any atom is 0.471 e. The van der Waals surface area contributed by atoms with Crippen LogP contribution in [0.25, 0.3) is 0 Å². The summed E-state index contributed by atoms with van der Waals surface area (Å²) in [6.45, 7) is 1.54. The number of carboxylic acid groups (broad SMARTS) is 1. The SMILES string of the molecule is O=C(O)c1c(NC(=O)C(F)(F)F)sc2c1C1CCN2CC1. The van der Waals surface area contributed by atoms with Crippen LogP contribution in [0.2, 0.25) is 0 Å². The van der Waals surface area contributed by atoms with E-state index in [1.54, 1.807) is 5.32 Å². The van der Waals surface area contributed by atoms with Crippen molar-refractivity contribution in [3.05, 3.63) is 11.1 Å². The summed E-state index contributed by atoms with van der Waals surface area (Å²) < 4.78 is 37.1. The third-order valence-corrected chi connectivity index (χ3v) is 5.00. The summed E-state index contributed by atoms with van der Waals surface area (Å²) in [7, 11) is 0. The van der Waals surface area contributed by atoms with Crippen LogP contribution in [0.3, 0.4) is 0 Å². The zero-order valence-corrected chi connectivity index (χ0v) is 11.5. The Hall–Kier alpha value is -1.77. The lowest BCUT2D eigenvalue weighted by Crippen LogP contribution is -2.38. The molecule has 3 aliphatic rings. The smallest absolute Gasteiger partial charge is 0.471 e. The number of rotatable bonds is 2. The average Bonchev–Trinajstić information content (AvgIpc) is 2.79. The number of carboxylic acids is 1. The van der Waals surface area contributed by atoms with Crippen molar-refractivity contribution in [2.45, 2.75) is 24.9 Å². The van der Waals surface area contributed by atoms with Crippen LogP contribution in [0.15, 0.2) is 0 Å². The largest absolute Gasteiger partial charge is 0.478 e. The third-order valence-electron chi connectivity index (χ3n) is 3.81. The van der Waals surface area contributed by atoms with Gasteiger partial charge in [0.05, 0.1) is 10.6 Å². The molecule has 1 aromatic rings. The highest BCUT2D eigenvalue weighted by molar-refractivity contribution is 7.20. The fourth-order valence-corrected chi connectivity index (χ4v) is 4.22. The summed E-state index contributed by atoms with van der Waals surface area (Å²) in [5.74, 6) is -3.41. The van der Waals surface area contributed by atoms with Crippen molar-refractivity contribution in [3.63, 3.8) is 0 Å². The second-order valence-electron chi connectivity index (χ2n) is 5.04. The molecule has 0 spiro atoms. The summed E-state index contributed by atoms with van der Waals surface area (Å²) >= 11 is 0.911. The quantitative estimate of drug-likeness (QED) is 0.879. The average molecular weight is 320 g/mol. The first kappa shape index (κ1) is 14.2. The minimum atomic E-state index is -5.04. The number of alkyl halides is 3. The van der Waals surface area contributed by atoms with Crippen LogP contribution in [0, 0.1) is 0 Å². The van der Waals surface area contributed by atoms with E-state index in [0.29, 0.717) is 10.6 Å². The van der Waals surface area contributed by atoms with Gasteiger partial charge in [-0.25, -0.2) is 4.79 Å². The monoisotopic (exact) mass is 320 g/mol. The fraction of sp³-hybridized carbons (Fsp3) is 0.500. The zero-order chi connectivity index (χ0) is 15.4. The molecule has 0 atom stereocenters. The van der Waals surface area contributed by atoms with E-state index in [2.05, 4.69) is 0 Å². The second-order valence-corrected chi connectivity index (χ2v) is 6.04. The van der Waals surface area contributed by atoms with Crippen LogP contribution in [0.4, 0.5) is 23.2 Å². The molecule has 4 rings (SSSR count). The number of thiophene rings is 1. The van der Waals surface area contributed by atoms with Gasteiger partial charge in [-0.3, -0.25) is 4.79 Å². The van der Waals surface area contributed by atoms with Crippen molar-refractivity contribution in [2.24, 2.45) is 0 Å². The normalized spacial score (nSPS) is 17.8. The molecule has 1 amide bonds. The maximum atomic E-state index is 12.4. The number of piperidine rings is 1. The van der Waals surface area contributed by atoms with Crippen LogP contribution in [0.5, 0.6) is 0 Å². The molecule has 2 bridgehead atoms. The minimum Gasteiger partial charge on any atom is -0.478 e. The molecule has 0 saturated carbocycles. The van der Waals surface area contributed by atoms with E-state index in [9.17, 15) is 27.9 Å². The Labute approximate surface area is 121 Å². The number of aromatic carboxylic acids is 1. The molecule has 3 aliphatic heterocycles. The third kappa shape index (κ3) is 2.25. The van der Waals surface area contributed by atoms with Gasteiger partial charge in [0.15, 0.2) is 0 Å². The molecule has 1 fully saturated rings. The van der Waals surface area contributed by atoms with Crippen LogP contribution in [-0.4, -0.2) is 36.2 Å².